The Bertz CT molecular complexity index is 709. The van der Waals surface area contributed by atoms with Crippen molar-refractivity contribution in [3.63, 3.8) is 0 Å². The molecule has 0 aliphatic heterocycles. The minimum atomic E-state index is -0.250. The topological polar surface area (TPSA) is 29.5 Å². The fourth-order valence-electron chi connectivity index (χ4n) is 4.38. The lowest BCUT2D eigenvalue weighted by Crippen LogP contribution is -2.40. The predicted octanol–water partition coefficient (Wildman–Crippen LogP) is 6.33. The van der Waals surface area contributed by atoms with Crippen LogP contribution >= 0.6 is 0 Å². The third-order valence-corrected chi connectivity index (χ3v) is 6.14. The molecular weight excluding hydrogens is 358 g/mol. The molecule has 3 nitrogen and oxygen atoms in total. The van der Waals surface area contributed by atoms with Gasteiger partial charge in [-0.3, -0.25) is 9.69 Å². The predicted molar refractivity (Wildman–Crippen MR) is 122 cm³/mol. The number of carbonyl (C=O) groups excluding carboxylic acids is 1. The van der Waals surface area contributed by atoms with E-state index in [0.29, 0.717) is 12.1 Å². The zero-order valence-electron chi connectivity index (χ0n) is 19.3. The largest absolute Gasteiger partial charge is 0.430 e. The Hall–Kier alpha value is -1.87. The molecule has 1 aliphatic carbocycles. The lowest BCUT2D eigenvalue weighted by Gasteiger charge is -2.41. The van der Waals surface area contributed by atoms with Gasteiger partial charge in [0.15, 0.2) is 0 Å². The summed E-state index contributed by atoms with van der Waals surface area (Å²) in [5.41, 5.74) is 1.06. The quantitative estimate of drug-likeness (QED) is 0.456. The van der Waals surface area contributed by atoms with E-state index in [4.69, 9.17) is 4.74 Å². The number of esters is 1. The first-order valence-electron chi connectivity index (χ1n) is 11.1. The average molecular weight is 398 g/mol. The van der Waals surface area contributed by atoms with Gasteiger partial charge in [-0.05, 0) is 64.6 Å². The van der Waals surface area contributed by atoms with Gasteiger partial charge in [0, 0.05) is 17.5 Å². The summed E-state index contributed by atoms with van der Waals surface area (Å²) in [4.78, 5) is 15.0. The number of ether oxygens (including phenoxy) is 1. The van der Waals surface area contributed by atoms with Crippen LogP contribution in [-0.4, -0.2) is 29.5 Å². The van der Waals surface area contributed by atoms with Crippen LogP contribution < -0.4 is 0 Å². The molecule has 29 heavy (non-hydrogen) atoms. The SMILES string of the molecule is CC(C)C(=O)OC1=CC=CC[C@]1(C)C(CCN(C(C)C)C(C)C)c1ccccc1. The van der Waals surface area contributed by atoms with Crippen LogP contribution in [0.2, 0.25) is 0 Å². The molecule has 2 rings (SSSR count). The van der Waals surface area contributed by atoms with E-state index in [1.54, 1.807) is 0 Å². The Balaban J connectivity index is 2.37. The molecule has 0 aromatic heterocycles. The number of rotatable bonds is 9. The van der Waals surface area contributed by atoms with Crippen molar-refractivity contribution in [2.75, 3.05) is 6.54 Å². The van der Waals surface area contributed by atoms with E-state index >= 15 is 0 Å². The van der Waals surface area contributed by atoms with Crippen LogP contribution in [0, 0.1) is 11.3 Å². The number of hydrogen-bond acceptors (Lipinski definition) is 3. The van der Waals surface area contributed by atoms with Gasteiger partial charge in [-0.25, -0.2) is 0 Å². The molecule has 2 atom stereocenters. The van der Waals surface area contributed by atoms with E-state index in [-0.39, 0.29) is 23.2 Å². The first-order valence-corrected chi connectivity index (χ1v) is 11.1. The van der Waals surface area contributed by atoms with Gasteiger partial charge in [-0.2, -0.15) is 0 Å². The third kappa shape index (κ3) is 5.82. The second-order valence-corrected chi connectivity index (χ2v) is 9.33. The lowest BCUT2D eigenvalue weighted by atomic mass is 9.67. The summed E-state index contributed by atoms with van der Waals surface area (Å²) >= 11 is 0. The average Bonchev–Trinajstić information content (AvgIpc) is 2.67. The second kappa shape index (κ2) is 10.2. The molecule has 3 heteroatoms. The summed E-state index contributed by atoms with van der Waals surface area (Å²) in [5.74, 6) is 0.766. The second-order valence-electron chi connectivity index (χ2n) is 9.33. The number of allylic oxidation sites excluding steroid dienone is 4. The van der Waals surface area contributed by atoms with Crippen molar-refractivity contribution in [1.82, 2.24) is 4.90 Å². The molecular formula is C26H39NO2. The van der Waals surface area contributed by atoms with Crippen molar-refractivity contribution in [3.8, 4) is 0 Å². The van der Waals surface area contributed by atoms with Gasteiger partial charge in [0.05, 0.1) is 5.92 Å². The fourth-order valence-corrected chi connectivity index (χ4v) is 4.38. The van der Waals surface area contributed by atoms with E-state index in [1.807, 2.05) is 26.0 Å². The molecule has 1 aliphatic rings. The highest BCUT2D eigenvalue weighted by molar-refractivity contribution is 5.73. The minimum absolute atomic E-state index is 0.140. The number of benzene rings is 1. The molecule has 0 fully saturated rings. The Morgan fingerprint density at radius 1 is 1.07 bits per heavy atom. The van der Waals surface area contributed by atoms with Crippen molar-refractivity contribution in [2.24, 2.45) is 11.3 Å². The van der Waals surface area contributed by atoms with Crippen molar-refractivity contribution >= 4 is 5.97 Å². The lowest BCUT2D eigenvalue weighted by molar-refractivity contribution is -0.145. The Morgan fingerprint density at radius 3 is 2.24 bits per heavy atom. The Morgan fingerprint density at radius 2 is 1.69 bits per heavy atom. The van der Waals surface area contributed by atoms with Gasteiger partial charge >= 0.3 is 5.97 Å². The molecule has 0 radical (unpaired) electrons. The fraction of sp³-hybridized carbons (Fsp3) is 0.577. The van der Waals surface area contributed by atoms with Crippen LogP contribution in [0.4, 0.5) is 0 Å². The molecule has 160 valence electrons. The maximum Gasteiger partial charge on any atom is 0.313 e. The van der Waals surface area contributed by atoms with Crippen molar-refractivity contribution in [2.45, 2.75) is 79.3 Å². The number of nitrogens with zero attached hydrogens (tertiary/aromatic N) is 1. The summed E-state index contributed by atoms with van der Waals surface area (Å²) < 4.78 is 5.93. The Labute approximate surface area is 177 Å². The minimum Gasteiger partial charge on any atom is -0.430 e. The van der Waals surface area contributed by atoms with Crippen molar-refractivity contribution in [3.05, 3.63) is 59.9 Å². The van der Waals surface area contributed by atoms with Gasteiger partial charge in [-0.1, -0.05) is 63.3 Å². The van der Waals surface area contributed by atoms with E-state index in [0.717, 1.165) is 25.1 Å². The van der Waals surface area contributed by atoms with Crippen LogP contribution in [-0.2, 0) is 9.53 Å². The summed E-state index contributed by atoms with van der Waals surface area (Å²) in [6.45, 7) is 16.1. The molecule has 0 saturated carbocycles. The van der Waals surface area contributed by atoms with Crippen LogP contribution in [0.15, 0.2) is 54.3 Å². The summed E-state index contributed by atoms with van der Waals surface area (Å²) in [5, 5.41) is 0. The van der Waals surface area contributed by atoms with Gasteiger partial charge in [-0.15, -0.1) is 0 Å². The summed E-state index contributed by atoms with van der Waals surface area (Å²) in [7, 11) is 0. The van der Waals surface area contributed by atoms with E-state index in [1.165, 1.54) is 5.56 Å². The number of carbonyl (C=O) groups is 1. The highest BCUT2D eigenvalue weighted by Crippen LogP contribution is 2.49. The third-order valence-electron chi connectivity index (χ3n) is 6.14. The molecule has 0 heterocycles. The van der Waals surface area contributed by atoms with Gasteiger partial charge in [0.2, 0.25) is 0 Å². The molecule has 0 N–H and O–H groups in total. The molecule has 1 aromatic rings. The van der Waals surface area contributed by atoms with Gasteiger partial charge in [0.1, 0.15) is 5.76 Å². The first-order chi connectivity index (χ1) is 13.7. The van der Waals surface area contributed by atoms with Crippen LogP contribution in [0.25, 0.3) is 0 Å². The molecule has 0 saturated heterocycles. The molecule has 0 spiro atoms. The van der Waals surface area contributed by atoms with Gasteiger partial charge in [0.25, 0.3) is 0 Å². The maximum absolute atomic E-state index is 12.4. The van der Waals surface area contributed by atoms with E-state index < -0.39 is 0 Å². The first kappa shape index (κ1) is 23.4. The summed E-state index contributed by atoms with van der Waals surface area (Å²) in [6, 6.07) is 11.7. The molecule has 1 unspecified atom stereocenters. The van der Waals surface area contributed by atoms with E-state index in [9.17, 15) is 4.79 Å². The molecule has 0 bridgehead atoms. The monoisotopic (exact) mass is 397 g/mol. The van der Waals surface area contributed by atoms with Gasteiger partial charge < -0.3 is 4.74 Å². The number of hydrogen-bond donors (Lipinski definition) is 0. The van der Waals surface area contributed by atoms with Crippen LogP contribution in [0.1, 0.15) is 72.8 Å². The Kier molecular flexibility index (Phi) is 8.27. The molecule has 1 aromatic carbocycles. The van der Waals surface area contributed by atoms with Crippen molar-refractivity contribution < 1.29 is 9.53 Å². The standard InChI is InChI=1S/C26H39NO2/c1-19(2)25(28)29-24-15-11-12-17-26(24,7)23(22-13-9-8-10-14-22)16-18-27(20(3)4)21(5)6/h8-15,19-21,23H,16-18H2,1-7H3/t23?,26-/m1/s1. The van der Waals surface area contributed by atoms with E-state index in [2.05, 4.69) is 75.9 Å². The zero-order chi connectivity index (χ0) is 21.6. The van der Waals surface area contributed by atoms with Crippen LogP contribution in [0.5, 0.6) is 0 Å². The highest BCUT2D eigenvalue weighted by Gasteiger charge is 2.41. The van der Waals surface area contributed by atoms with Crippen LogP contribution in [0.3, 0.4) is 0 Å². The zero-order valence-corrected chi connectivity index (χ0v) is 19.3. The van der Waals surface area contributed by atoms with Crippen molar-refractivity contribution in [1.29, 1.82) is 0 Å². The normalized spacial score (nSPS) is 20.4. The maximum atomic E-state index is 12.4. The highest BCUT2D eigenvalue weighted by atomic mass is 16.5. The smallest absolute Gasteiger partial charge is 0.313 e. The summed E-state index contributed by atoms with van der Waals surface area (Å²) in [6.07, 6.45) is 8.09. The molecule has 0 amide bonds.